The molecule has 1 aromatic heterocycles. The van der Waals surface area contributed by atoms with E-state index in [0.717, 1.165) is 11.5 Å². The third-order valence-electron chi connectivity index (χ3n) is 2.49. The highest BCUT2D eigenvalue weighted by molar-refractivity contribution is 14.0. The Hall–Kier alpha value is -1.09. The number of guanidine groups is 1. The molecule has 2 N–H and O–H groups in total. The van der Waals surface area contributed by atoms with Crippen LogP contribution in [0.25, 0.3) is 0 Å². The van der Waals surface area contributed by atoms with Crippen LogP contribution in [-0.4, -0.2) is 44.9 Å². The molecular weight excluding hydrogens is 371 g/mol. The molecule has 0 radical (unpaired) electrons. The lowest BCUT2D eigenvalue weighted by Crippen LogP contribution is -2.43. The molecule has 0 spiro atoms. The van der Waals surface area contributed by atoms with E-state index in [4.69, 9.17) is 9.47 Å². The van der Waals surface area contributed by atoms with Gasteiger partial charge in [-0.05, 0) is 12.5 Å². The summed E-state index contributed by atoms with van der Waals surface area (Å²) in [6.07, 6.45) is 1.78. The Morgan fingerprint density at radius 1 is 1.40 bits per heavy atom. The van der Waals surface area contributed by atoms with Crippen LogP contribution in [0.2, 0.25) is 0 Å². The lowest BCUT2D eigenvalue weighted by molar-refractivity contribution is 0.179. The van der Waals surface area contributed by atoms with Gasteiger partial charge in [0, 0.05) is 39.0 Å². The molecule has 1 unspecified atom stereocenters. The van der Waals surface area contributed by atoms with Crippen molar-refractivity contribution in [2.75, 3.05) is 27.9 Å². The third kappa shape index (κ3) is 6.90. The molecule has 0 aliphatic rings. The van der Waals surface area contributed by atoms with E-state index in [0.29, 0.717) is 19.0 Å². The van der Waals surface area contributed by atoms with Crippen molar-refractivity contribution in [2.45, 2.75) is 19.5 Å². The average molecular weight is 394 g/mol. The standard InChI is InChI=1S/C13H22N4O2.HI/c1-10(9-18-3)17-13(14-2)16-8-11-5-6-12(19-4)15-7-11;/h5-7,10H,8-9H2,1-4H3,(H2,14,16,17);1H. The summed E-state index contributed by atoms with van der Waals surface area (Å²) < 4.78 is 10.1. The van der Waals surface area contributed by atoms with Crippen LogP contribution in [0.15, 0.2) is 23.3 Å². The van der Waals surface area contributed by atoms with Gasteiger partial charge in [0.25, 0.3) is 0 Å². The van der Waals surface area contributed by atoms with Crippen LogP contribution in [0.1, 0.15) is 12.5 Å². The first-order valence-electron chi connectivity index (χ1n) is 6.14. The van der Waals surface area contributed by atoms with Crippen molar-refractivity contribution in [1.82, 2.24) is 15.6 Å². The molecule has 0 bridgehead atoms. The Bertz CT molecular complexity index is 398. The Balaban J connectivity index is 0.00000361. The second-order valence-corrected chi connectivity index (χ2v) is 4.14. The number of nitrogens with zero attached hydrogens (tertiary/aromatic N) is 2. The van der Waals surface area contributed by atoms with Crippen molar-refractivity contribution in [3.8, 4) is 5.88 Å². The SMILES string of the molecule is CN=C(NCc1ccc(OC)nc1)NC(C)COC.I. The fourth-order valence-electron chi connectivity index (χ4n) is 1.54. The van der Waals surface area contributed by atoms with Crippen LogP contribution < -0.4 is 15.4 Å². The van der Waals surface area contributed by atoms with Crippen LogP contribution in [0.4, 0.5) is 0 Å². The molecule has 114 valence electrons. The molecule has 0 aliphatic heterocycles. The lowest BCUT2D eigenvalue weighted by Gasteiger charge is -2.17. The largest absolute Gasteiger partial charge is 0.481 e. The number of hydrogen-bond acceptors (Lipinski definition) is 4. The van der Waals surface area contributed by atoms with Gasteiger partial charge in [-0.3, -0.25) is 4.99 Å². The number of nitrogens with one attached hydrogen (secondary N) is 2. The predicted molar refractivity (Wildman–Crippen MR) is 90.9 cm³/mol. The Morgan fingerprint density at radius 3 is 2.65 bits per heavy atom. The van der Waals surface area contributed by atoms with E-state index in [1.54, 1.807) is 27.5 Å². The number of methoxy groups -OCH3 is 2. The highest BCUT2D eigenvalue weighted by atomic mass is 127. The fourth-order valence-corrected chi connectivity index (χ4v) is 1.54. The molecule has 1 atom stereocenters. The van der Waals surface area contributed by atoms with Crippen molar-refractivity contribution in [3.63, 3.8) is 0 Å². The van der Waals surface area contributed by atoms with Crippen LogP contribution in [-0.2, 0) is 11.3 Å². The summed E-state index contributed by atoms with van der Waals surface area (Å²) in [6, 6.07) is 4.00. The highest BCUT2D eigenvalue weighted by Gasteiger charge is 2.04. The minimum absolute atomic E-state index is 0. The fraction of sp³-hybridized carbons (Fsp3) is 0.538. The van der Waals surface area contributed by atoms with Gasteiger partial charge < -0.3 is 20.1 Å². The normalized spacial score (nSPS) is 12.3. The quantitative estimate of drug-likeness (QED) is 0.434. The van der Waals surface area contributed by atoms with Crippen LogP contribution in [0.5, 0.6) is 5.88 Å². The van der Waals surface area contributed by atoms with Gasteiger partial charge in [-0.25, -0.2) is 4.98 Å². The molecule has 0 fully saturated rings. The van der Waals surface area contributed by atoms with Gasteiger partial charge in [-0.15, -0.1) is 24.0 Å². The minimum Gasteiger partial charge on any atom is -0.481 e. The molecule has 0 saturated heterocycles. The van der Waals surface area contributed by atoms with E-state index >= 15 is 0 Å². The van der Waals surface area contributed by atoms with Crippen molar-refractivity contribution >= 4 is 29.9 Å². The van der Waals surface area contributed by atoms with E-state index in [2.05, 4.69) is 20.6 Å². The molecule has 20 heavy (non-hydrogen) atoms. The minimum atomic E-state index is 0. The molecular formula is C13H23IN4O2. The number of rotatable bonds is 6. The van der Waals surface area contributed by atoms with E-state index in [-0.39, 0.29) is 30.0 Å². The van der Waals surface area contributed by atoms with E-state index in [1.165, 1.54) is 0 Å². The molecule has 7 heteroatoms. The van der Waals surface area contributed by atoms with E-state index < -0.39 is 0 Å². The molecule has 6 nitrogen and oxygen atoms in total. The maximum absolute atomic E-state index is 5.07. The second kappa shape index (κ2) is 10.7. The summed E-state index contributed by atoms with van der Waals surface area (Å²) >= 11 is 0. The molecule has 1 aromatic rings. The van der Waals surface area contributed by atoms with Crippen molar-refractivity contribution < 1.29 is 9.47 Å². The van der Waals surface area contributed by atoms with Crippen molar-refractivity contribution in [1.29, 1.82) is 0 Å². The number of hydrogen-bond donors (Lipinski definition) is 2. The first-order valence-corrected chi connectivity index (χ1v) is 6.14. The number of aliphatic imine (C=N–C) groups is 1. The van der Waals surface area contributed by atoms with Gasteiger partial charge in [0.1, 0.15) is 0 Å². The zero-order valence-electron chi connectivity index (χ0n) is 12.3. The lowest BCUT2D eigenvalue weighted by atomic mass is 10.3. The van der Waals surface area contributed by atoms with Gasteiger partial charge >= 0.3 is 0 Å². The third-order valence-corrected chi connectivity index (χ3v) is 2.49. The first kappa shape index (κ1) is 18.9. The maximum Gasteiger partial charge on any atom is 0.212 e. The summed E-state index contributed by atoms with van der Waals surface area (Å²) in [5, 5.41) is 6.44. The smallest absolute Gasteiger partial charge is 0.212 e. The summed E-state index contributed by atoms with van der Waals surface area (Å²) in [5.41, 5.74) is 1.06. The highest BCUT2D eigenvalue weighted by Crippen LogP contribution is 2.06. The summed E-state index contributed by atoms with van der Waals surface area (Å²) in [7, 11) is 5.02. The molecule has 0 aromatic carbocycles. The first-order chi connectivity index (χ1) is 9.19. The molecule has 1 rings (SSSR count). The van der Waals surface area contributed by atoms with Crippen molar-refractivity contribution in [3.05, 3.63) is 23.9 Å². The van der Waals surface area contributed by atoms with Crippen LogP contribution >= 0.6 is 24.0 Å². The van der Waals surface area contributed by atoms with Gasteiger partial charge in [-0.2, -0.15) is 0 Å². The van der Waals surface area contributed by atoms with Gasteiger partial charge in [0.2, 0.25) is 5.88 Å². The van der Waals surface area contributed by atoms with E-state index in [1.807, 2.05) is 19.1 Å². The summed E-state index contributed by atoms with van der Waals surface area (Å²) in [6.45, 7) is 3.31. The maximum atomic E-state index is 5.07. The van der Waals surface area contributed by atoms with Gasteiger partial charge in [0.15, 0.2) is 5.96 Å². The Labute approximate surface area is 137 Å². The zero-order valence-corrected chi connectivity index (χ0v) is 14.7. The molecule has 0 amide bonds. The van der Waals surface area contributed by atoms with Crippen LogP contribution in [0.3, 0.4) is 0 Å². The number of aromatic nitrogens is 1. The number of halogens is 1. The van der Waals surface area contributed by atoms with Crippen LogP contribution in [0, 0.1) is 0 Å². The van der Waals surface area contributed by atoms with Crippen molar-refractivity contribution in [2.24, 2.45) is 4.99 Å². The average Bonchev–Trinajstić information content (AvgIpc) is 2.44. The Morgan fingerprint density at radius 2 is 2.15 bits per heavy atom. The molecule has 0 saturated carbocycles. The van der Waals surface area contributed by atoms with Gasteiger partial charge in [-0.1, -0.05) is 6.07 Å². The zero-order chi connectivity index (χ0) is 14.1. The summed E-state index contributed by atoms with van der Waals surface area (Å²) in [5.74, 6) is 1.35. The monoisotopic (exact) mass is 394 g/mol. The molecule has 1 heterocycles. The van der Waals surface area contributed by atoms with Gasteiger partial charge in [0.05, 0.1) is 13.7 Å². The number of pyridine rings is 1. The number of ether oxygens (including phenoxy) is 2. The molecule has 0 aliphatic carbocycles. The summed E-state index contributed by atoms with van der Waals surface area (Å²) in [4.78, 5) is 8.30. The Kier molecular flexibility index (Phi) is 10.1. The second-order valence-electron chi connectivity index (χ2n) is 4.14. The topological polar surface area (TPSA) is 67.8 Å². The predicted octanol–water partition coefficient (Wildman–Crippen LogP) is 1.41. The van der Waals surface area contributed by atoms with E-state index in [9.17, 15) is 0 Å².